The first-order chi connectivity index (χ1) is 9.61. The van der Waals surface area contributed by atoms with Crippen molar-refractivity contribution in [3.63, 3.8) is 0 Å². The molecular weight excluding hydrogens is 365 g/mol. The predicted molar refractivity (Wildman–Crippen MR) is 89.2 cm³/mol. The first-order valence-corrected chi connectivity index (χ1v) is 7.50. The molecule has 2 unspecified atom stereocenters. The number of halogens is 1. The topological polar surface area (TPSA) is 44.5 Å². The van der Waals surface area contributed by atoms with E-state index in [-0.39, 0.29) is 12.1 Å². The molecule has 0 heterocycles. The quantitative estimate of drug-likeness (QED) is 0.800. The van der Waals surface area contributed by atoms with E-state index in [1.54, 1.807) is 7.11 Å². The first kappa shape index (κ1) is 15.1. The summed E-state index contributed by atoms with van der Waals surface area (Å²) in [6.07, 6.45) is -0.207. The molecule has 0 bridgehead atoms. The zero-order chi connectivity index (χ0) is 14.5. The van der Waals surface area contributed by atoms with E-state index >= 15 is 0 Å². The third kappa shape index (κ3) is 3.64. The zero-order valence-corrected chi connectivity index (χ0v) is 13.7. The highest BCUT2D eigenvalue weighted by Gasteiger charge is 2.19. The van der Waals surface area contributed by atoms with Gasteiger partial charge in [-0.3, -0.25) is 0 Å². The SMILES string of the molecule is COc1cccc(C(Oc2ccccc2I)C(C)N)c1. The normalized spacial score (nSPS) is 13.6. The third-order valence-corrected chi connectivity index (χ3v) is 3.88. The molecule has 0 aliphatic carbocycles. The Morgan fingerprint density at radius 1 is 1.10 bits per heavy atom. The Bertz CT molecular complexity index is 572. The van der Waals surface area contributed by atoms with Crippen LogP contribution in [0.4, 0.5) is 0 Å². The van der Waals surface area contributed by atoms with Crippen molar-refractivity contribution < 1.29 is 9.47 Å². The van der Waals surface area contributed by atoms with E-state index in [0.717, 1.165) is 20.6 Å². The van der Waals surface area contributed by atoms with Gasteiger partial charge in [-0.1, -0.05) is 24.3 Å². The van der Waals surface area contributed by atoms with Gasteiger partial charge >= 0.3 is 0 Å². The highest BCUT2D eigenvalue weighted by atomic mass is 127. The van der Waals surface area contributed by atoms with E-state index in [9.17, 15) is 0 Å². The fourth-order valence-electron chi connectivity index (χ4n) is 1.97. The molecule has 0 fully saturated rings. The molecule has 0 spiro atoms. The van der Waals surface area contributed by atoms with Gasteiger partial charge in [-0.05, 0) is 59.3 Å². The maximum atomic E-state index is 6.10. The van der Waals surface area contributed by atoms with Gasteiger partial charge < -0.3 is 15.2 Å². The molecule has 0 saturated carbocycles. The highest BCUT2D eigenvalue weighted by Crippen LogP contribution is 2.29. The summed E-state index contributed by atoms with van der Waals surface area (Å²) >= 11 is 2.26. The summed E-state index contributed by atoms with van der Waals surface area (Å²) in [6, 6.07) is 15.6. The van der Waals surface area contributed by atoms with Crippen molar-refractivity contribution in [2.45, 2.75) is 19.1 Å². The van der Waals surface area contributed by atoms with E-state index in [0.29, 0.717) is 0 Å². The van der Waals surface area contributed by atoms with Gasteiger partial charge in [0.2, 0.25) is 0 Å². The average Bonchev–Trinajstić information content (AvgIpc) is 2.46. The maximum absolute atomic E-state index is 6.10. The van der Waals surface area contributed by atoms with Crippen LogP contribution in [0.1, 0.15) is 18.6 Å². The van der Waals surface area contributed by atoms with Crippen molar-refractivity contribution in [3.8, 4) is 11.5 Å². The summed E-state index contributed by atoms with van der Waals surface area (Å²) in [6.45, 7) is 1.94. The largest absolute Gasteiger partial charge is 0.497 e. The van der Waals surface area contributed by atoms with Crippen LogP contribution in [-0.2, 0) is 0 Å². The summed E-state index contributed by atoms with van der Waals surface area (Å²) in [5, 5.41) is 0. The minimum absolute atomic E-state index is 0.127. The number of rotatable bonds is 5. The molecule has 20 heavy (non-hydrogen) atoms. The van der Waals surface area contributed by atoms with Gasteiger partial charge in [-0.25, -0.2) is 0 Å². The van der Waals surface area contributed by atoms with E-state index in [2.05, 4.69) is 22.6 Å². The number of hydrogen-bond donors (Lipinski definition) is 1. The van der Waals surface area contributed by atoms with E-state index in [4.69, 9.17) is 15.2 Å². The number of benzene rings is 2. The standard InChI is InChI=1S/C16H18INO2/c1-11(18)16(12-6-5-7-13(10-12)19-2)20-15-9-4-3-8-14(15)17/h3-11,16H,18H2,1-2H3. The van der Waals surface area contributed by atoms with Gasteiger partial charge in [-0.2, -0.15) is 0 Å². The van der Waals surface area contributed by atoms with Gasteiger partial charge in [0, 0.05) is 6.04 Å². The van der Waals surface area contributed by atoms with Gasteiger partial charge in [0.25, 0.3) is 0 Å². The molecule has 0 amide bonds. The summed E-state index contributed by atoms with van der Waals surface area (Å²) in [7, 11) is 1.65. The third-order valence-electron chi connectivity index (χ3n) is 2.99. The molecule has 3 nitrogen and oxygen atoms in total. The van der Waals surface area contributed by atoms with Crippen LogP contribution >= 0.6 is 22.6 Å². The summed E-state index contributed by atoms with van der Waals surface area (Å²) in [5.41, 5.74) is 7.10. The number of nitrogens with two attached hydrogens (primary N) is 1. The molecule has 0 saturated heterocycles. The molecular formula is C16H18INO2. The second kappa shape index (κ2) is 6.95. The maximum Gasteiger partial charge on any atom is 0.139 e. The molecule has 0 aromatic heterocycles. The molecule has 0 radical (unpaired) electrons. The smallest absolute Gasteiger partial charge is 0.139 e. The Morgan fingerprint density at radius 3 is 2.50 bits per heavy atom. The number of hydrogen-bond acceptors (Lipinski definition) is 3. The fourth-order valence-corrected chi connectivity index (χ4v) is 2.49. The van der Waals surface area contributed by atoms with Crippen molar-refractivity contribution in [1.29, 1.82) is 0 Å². The second-order valence-electron chi connectivity index (χ2n) is 4.60. The lowest BCUT2D eigenvalue weighted by Crippen LogP contribution is -2.29. The van der Waals surface area contributed by atoms with Crippen molar-refractivity contribution in [2.75, 3.05) is 7.11 Å². The van der Waals surface area contributed by atoms with Crippen LogP contribution in [0.15, 0.2) is 48.5 Å². The zero-order valence-electron chi connectivity index (χ0n) is 11.5. The van der Waals surface area contributed by atoms with Crippen LogP contribution in [0.3, 0.4) is 0 Å². The van der Waals surface area contributed by atoms with E-state index in [1.165, 1.54) is 0 Å². The van der Waals surface area contributed by atoms with Crippen molar-refractivity contribution in [1.82, 2.24) is 0 Å². The van der Waals surface area contributed by atoms with E-state index < -0.39 is 0 Å². The lowest BCUT2D eigenvalue weighted by molar-refractivity contribution is 0.178. The second-order valence-corrected chi connectivity index (χ2v) is 5.77. The fraction of sp³-hybridized carbons (Fsp3) is 0.250. The number of para-hydroxylation sites is 1. The molecule has 4 heteroatoms. The highest BCUT2D eigenvalue weighted by molar-refractivity contribution is 14.1. The van der Waals surface area contributed by atoms with Crippen LogP contribution in [0.5, 0.6) is 11.5 Å². The van der Waals surface area contributed by atoms with Crippen molar-refractivity contribution in [2.24, 2.45) is 5.73 Å². The number of methoxy groups -OCH3 is 1. The minimum atomic E-state index is -0.207. The monoisotopic (exact) mass is 383 g/mol. The summed E-state index contributed by atoms with van der Waals surface area (Å²) in [5.74, 6) is 1.65. The summed E-state index contributed by atoms with van der Waals surface area (Å²) in [4.78, 5) is 0. The van der Waals surface area contributed by atoms with E-state index in [1.807, 2.05) is 55.5 Å². The Kier molecular flexibility index (Phi) is 5.25. The molecule has 2 aromatic rings. The van der Waals surface area contributed by atoms with Crippen LogP contribution in [0, 0.1) is 3.57 Å². The van der Waals surface area contributed by atoms with Gasteiger partial charge in [0.15, 0.2) is 0 Å². The molecule has 0 aliphatic heterocycles. The van der Waals surface area contributed by atoms with Gasteiger partial charge in [0.1, 0.15) is 17.6 Å². The first-order valence-electron chi connectivity index (χ1n) is 6.42. The lowest BCUT2D eigenvalue weighted by Gasteiger charge is -2.24. The Hall–Kier alpha value is -1.27. The number of ether oxygens (including phenoxy) is 2. The Balaban J connectivity index is 2.29. The van der Waals surface area contributed by atoms with Crippen LogP contribution in [-0.4, -0.2) is 13.2 Å². The molecule has 2 atom stereocenters. The molecule has 2 N–H and O–H groups in total. The molecule has 2 aromatic carbocycles. The molecule has 106 valence electrons. The van der Waals surface area contributed by atoms with Crippen LogP contribution in [0.2, 0.25) is 0 Å². The molecule has 0 aliphatic rings. The van der Waals surface area contributed by atoms with Crippen molar-refractivity contribution in [3.05, 3.63) is 57.7 Å². The van der Waals surface area contributed by atoms with Gasteiger partial charge in [0.05, 0.1) is 10.7 Å². The predicted octanol–water partition coefficient (Wildman–Crippen LogP) is 3.77. The lowest BCUT2D eigenvalue weighted by atomic mass is 10.0. The average molecular weight is 383 g/mol. The Morgan fingerprint density at radius 2 is 1.85 bits per heavy atom. The van der Waals surface area contributed by atoms with Crippen LogP contribution in [0.25, 0.3) is 0 Å². The minimum Gasteiger partial charge on any atom is -0.497 e. The van der Waals surface area contributed by atoms with Gasteiger partial charge in [-0.15, -0.1) is 0 Å². The Labute approximate surface area is 133 Å². The van der Waals surface area contributed by atoms with Crippen molar-refractivity contribution >= 4 is 22.6 Å². The van der Waals surface area contributed by atoms with Crippen LogP contribution < -0.4 is 15.2 Å². The molecule has 2 rings (SSSR count). The summed E-state index contributed by atoms with van der Waals surface area (Å²) < 4.78 is 12.4.